The zero-order valence-corrected chi connectivity index (χ0v) is 19.7. The summed E-state index contributed by atoms with van der Waals surface area (Å²) in [6.45, 7) is 5.68. The van der Waals surface area contributed by atoms with Crippen molar-refractivity contribution in [2.24, 2.45) is 5.92 Å². The molecule has 4 rings (SSSR count). The number of piperidine rings is 1. The van der Waals surface area contributed by atoms with Gasteiger partial charge in [0.1, 0.15) is 10.7 Å². The maximum atomic E-state index is 13.5. The number of halogens is 1. The first-order chi connectivity index (χ1) is 15.7. The minimum Gasteiger partial charge on any atom is -0.326 e. The molecule has 33 heavy (non-hydrogen) atoms. The molecule has 1 fully saturated rings. The summed E-state index contributed by atoms with van der Waals surface area (Å²) >= 11 is 0. The molecule has 0 aliphatic carbocycles. The van der Waals surface area contributed by atoms with Crippen molar-refractivity contribution in [3.05, 3.63) is 71.3 Å². The summed E-state index contributed by atoms with van der Waals surface area (Å²) in [5.74, 6) is -0.841. The van der Waals surface area contributed by atoms with E-state index in [-0.39, 0.29) is 35.6 Å². The molecule has 0 radical (unpaired) electrons. The zero-order valence-electron chi connectivity index (χ0n) is 18.9. The molecule has 2 heterocycles. The zero-order chi connectivity index (χ0) is 23.8. The van der Waals surface area contributed by atoms with Gasteiger partial charge in [0.2, 0.25) is 15.9 Å². The lowest BCUT2D eigenvalue weighted by Crippen LogP contribution is -2.41. The highest BCUT2D eigenvalue weighted by molar-refractivity contribution is 7.89. The molecule has 0 atom stereocenters. The van der Waals surface area contributed by atoms with E-state index in [1.165, 1.54) is 22.5 Å². The van der Waals surface area contributed by atoms with Crippen LogP contribution in [0.3, 0.4) is 0 Å². The predicted molar refractivity (Wildman–Crippen MR) is 124 cm³/mol. The van der Waals surface area contributed by atoms with Crippen LogP contribution in [0.5, 0.6) is 0 Å². The summed E-state index contributed by atoms with van der Waals surface area (Å²) in [6.07, 6.45) is 0.826. The van der Waals surface area contributed by atoms with Crippen LogP contribution >= 0.6 is 0 Å². The Hall–Kier alpha value is -3.04. The summed E-state index contributed by atoms with van der Waals surface area (Å²) in [6, 6.07) is 13.6. The highest BCUT2D eigenvalue weighted by Crippen LogP contribution is 2.29. The molecule has 7 nitrogen and oxygen atoms in total. The molecule has 1 N–H and O–H groups in total. The number of rotatable bonds is 5. The Morgan fingerprint density at radius 1 is 1.06 bits per heavy atom. The number of hydrogen-bond donors (Lipinski definition) is 1. The molecule has 1 aliphatic heterocycles. The van der Waals surface area contributed by atoms with Crippen LogP contribution in [-0.4, -0.2) is 41.5 Å². The number of carbonyl (C=O) groups excluding carboxylic acids is 1. The van der Waals surface area contributed by atoms with Gasteiger partial charge in [-0.3, -0.25) is 4.79 Å². The average molecular weight is 471 g/mol. The minimum absolute atomic E-state index is 0.175. The lowest BCUT2D eigenvalue weighted by atomic mass is 9.97. The van der Waals surface area contributed by atoms with Crippen molar-refractivity contribution in [2.75, 3.05) is 18.4 Å². The standard InChI is InChI=1S/C24H27FN4O3S/c1-16-15-20(25)9-10-22(16)26-24(30)19-11-13-28(14-12-19)33(31,32)23-17(2)27-29(18(23)3)21-7-5-4-6-8-21/h4-10,15,19H,11-14H2,1-3H3,(H,26,30). The van der Waals surface area contributed by atoms with Crippen LogP contribution < -0.4 is 5.32 Å². The molecule has 0 unspecified atom stereocenters. The lowest BCUT2D eigenvalue weighted by Gasteiger charge is -2.30. The number of para-hydroxylation sites is 1. The lowest BCUT2D eigenvalue weighted by molar-refractivity contribution is -0.120. The van der Waals surface area contributed by atoms with Crippen molar-refractivity contribution in [3.63, 3.8) is 0 Å². The van der Waals surface area contributed by atoms with Crippen LogP contribution in [-0.2, 0) is 14.8 Å². The Bertz CT molecular complexity index is 1280. The second-order valence-corrected chi connectivity index (χ2v) is 10.2. The number of amides is 1. The van der Waals surface area contributed by atoms with E-state index in [4.69, 9.17) is 0 Å². The molecular weight excluding hydrogens is 443 g/mol. The Morgan fingerprint density at radius 2 is 1.73 bits per heavy atom. The summed E-state index contributed by atoms with van der Waals surface area (Å²) < 4.78 is 43.3. The van der Waals surface area contributed by atoms with Gasteiger partial charge < -0.3 is 5.32 Å². The van der Waals surface area contributed by atoms with Crippen LogP contribution in [0.2, 0.25) is 0 Å². The molecule has 1 amide bonds. The second-order valence-electron chi connectivity index (χ2n) is 8.37. The van der Waals surface area contributed by atoms with E-state index >= 15 is 0 Å². The first-order valence-corrected chi connectivity index (χ1v) is 12.3. The van der Waals surface area contributed by atoms with E-state index in [0.29, 0.717) is 35.5 Å². The summed E-state index contributed by atoms with van der Waals surface area (Å²) in [4.78, 5) is 12.9. The van der Waals surface area contributed by atoms with Gasteiger partial charge >= 0.3 is 0 Å². The maximum absolute atomic E-state index is 13.5. The number of anilines is 1. The molecule has 0 spiro atoms. The monoisotopic (exact) mass is 470 g/mol. The van der Waals surface area contributed by atoms with E-state index in [1.54, 1.807) is 25.5 Å². The van der Waals surface area contributed by atoms with E-state index in [2.05, 4.69) is 10.4 Å². The Labute approximate surface area is 193 Å². The van der Waals surface area contributed by atoms with Gasteiger partial charge in [0, 0.05) is 24.7 Å². The molecule has 1 aromatic heterocycles. The number of nitrogens with zero attached hydrogens (tertiary/aromatic N) is 3. The van der Waals surface area contributed by atoms with E-state index in [9.17, 15) is 17.6 Å². The fourth-order valence-corrected chi connectivity index (χ4v) is 6.14. The van der Waals surface area contributed by atoms with Gasteiger partial charge in [0.05, 0.1) is 17.1 Å². The number of carbonyl (C=O) groups is 1. The van der Waals surface area contributed by atoms with Gasteiger partial charge in [-0.25, -0.2) is 17.5 Å². The van der Waals surface area contributed by atoms with E-state index < -0.39 is 10.0 Å². The van der Waals surface area contributed by atoms with Gasteiger partial charge in [-0.2, -0.15) is 9.40 Å². The summed E-state index contributed by atoms with van der Waals surface area (Å²) in [5.41, 5.74) is 3.01. The number of aryl methyl sites for hydroxylation is 2. The predicted octanol–water partition coefficient (Wildman–Crippen LogP) is 3.98. The van der Waals surface area contributed by atoms with Crippen LogP contribution in [0.4, 0.5) is 10.1 Å². The highest BCUT2D eigenvalue weighted by atomic mass is 32.2. The van der Waals surface area contributed by atoms with Crippen molar-refractivity contribution < 1.29 is 17.6 Å². The third-order valence-corrected chi connectivity index (χ3v) is 8.25. The SMILES string of the molecule is Cc1cc(F)ccc1NC(=O)C1CCN(S(=O)(=O)c2c(C)nn(-c3ccccc3)c2C)CC1. The molecule has 0 saturated carbocycles. The maximum Gasteiger partial charge on any atom is 0.246 e. The van der Waals surface area contributed by atoms with Crippen LogP contribution in [0.15, 0.2) is 53.4 Å². The van der Waals surface area contributed by atoms with Crippen LogP contribution in [0.1, 0.15) is 29.8 Å². The Balaban J connectivity index is 1.47. The van der Waals surface area contributed by atoms with Gasteiger partial charge in [-0.1, -0.05) is 18.2 Å². The largest absolute Gasteiger partial charge is 0.326 e. The third-order valence-electron chi connectivity index (χ3n) is 6.09. The number of hydrogen-bond acceptors (Lipinski definition) is 4. The quantitative estimate of drug-likeness (QED) is 0.611. The number of nitrogens with one attached hydrogen (secondary N) is 1. The molecule has 174 valence electrons. The topological polar surface area (TPSA) is 84.3 Å². The Kier molecular flexibility index (Phi) is 6.36. The molecule has 9 heteroatoms. The number of benzene rings is 2. The smallest absolute Gasteiger partial charge is 0.246 e. The minimum atomic E-state index is -3.75. The van der Waals surface area contributed by atoms with Gasteiger partial charge in [0.15, 0.2) is 0 Å². The molecule has 1 aliphatic rings. The number of sulfonamides is 1. The van der Waals surface area contributed by atoms with Crippen LogP contribution in [0, 0.1) is 32.5 Å². The van der Waals surface area contributed by atoms with E-state index in [0.717, 1.165) is 5.69 Å². The Morgan fingerprint density at radius 3 is 2.36 bits per heavy atom. The molecular formula is C24H27FN4O3S. The van der Waals surface area contributed by atoms with Gasteiger partial charge in [-0.05, 0) is 69.5 Å². The average Bonchev–Trinajstić information content (AvgIpc) is 3.10. The van der Waals surface area contributed by atoms with Crippen molar-refractivity contribution in [1.82, 2.24) is 14.1 Å². The van der Waals surface area contributed by atoms with Gasteiger partial charge in [0.25, 0.3) is 0 Å². The molecule has 2 aromatic carbocycles. The van der Waals surface area contributed by atoms with Crippen molar-refractivity contribution >= 4 is 21.6 Å². The second kappa shape index (κ2) is 9.07. The summed E-state index contributed by atoms with van der Waals surface area (Å²) in [7, 11) is -3.75. The fourth-order valence-electron chi connectivity index (χ4n) is 4.31. The van der Waals surface area contributed by atoms with Crippen molar-refractivity contribution in [1.29, 1.82) is 0 Å². The first kappa shape index (κ1) is 23.1. The molecule has 3 aromatic rings. The molecule has 1 saturated heterocycles. The first-order valence-electron chi connectivity index (χ1n) is 10.9. The molecule has 0 bridgehead atoms. The normalized spacial score (nSPS) is 15.5. The number of aromatic nitrogens is 2. The van der Waals surface area contributed by atoms with Gasteiger partial charge in [-0.15, -0.1) is 0 Å². The van der Waals surface area contributed by atoms with E-state index in [1.807, 2.05) is 30.3 Å². The van der Waals surface area contributed by atoms with Crippen molar-refractivity contribution in [3.8, 4) is 5.69 Å². The van der Waals surface area contributed by atoms with Crippen molar-refractivity contribution in [2.45, 2.75) is 38.5 Å². The van der Waals surface area contributed by atoms with Crippen LogP contribution in [0.25, 0.3) is 5.69 Å². The fraction of sp³-hybridized carbons (Fsp3) is 0.333. The third kappa shape index (κ3) is 4.56. The highest BCUT2D eigenvalue weighted by Gasteiger charge is 2.35. The summed E-state index contributed by atoms with van der Waals surface area (Å²) in [5, 5.41) is 7.31.